The van der Waals surface area contributed by atoms with Gasteiger partial charge in [0.1, 0.15) is 6.61 Å². The lowest BCUT2D eigenvalue weighted by molar-refractivity contribution is 0.243. The fourth-order valence-corrected chi connectivity index (χ4v) is 0.790. The van der Waals surface area contributed by atoms with Gasteiger partial charge in [0.25, 0.3) is 5.88 Å². The van der Waals surface area contributed by atoms with Crippen LogP contribution in [-0.2, 0) is 0 Å². The maximum Gasteiger partial charge on any atom is 0.255 e. The first kappa shape index (κ1) is 10.6. The van der Waals surface area contributed by atoms with E-state index in [0.29, 0.717) is 13.2 Å². The summed E-state index contributed by atoms with van der Waals surface area (Å²) in [6.45, 7) is 1.05. The highest BCUT2D eigenvalue weighted by atomic mass is 19.1. The Bertz CT molecular complexity index is 305. The van der Waals surface area contributed by atoms with Crippen molar-refractivity contribution in [2.75, 3.05) is 33.0 Å². The number of hydrogen-bond donors (Lipinski definition) is 1. The van der Waals surface area contributed by atoms with E-state index in [0.717, 1.165) is 6.20 Å². The number of aromatic nitrogens is 2. The van der Waals surface area contributed by atoms with Crippen LogP contribution in [0.25, 0.3) is 0 Å². The highest BCUT2D eigenvalue weighted by Gasteiger charge is 2.06. The topological polar surface area (TPSA) is 64.3 Å². The van der Waals surface area contributed by atoms with Crippen molar-refractivity contribution >= 4 is 5.95 Å². The summed E-state index contributed by atoms with van der Waals surface area (Å²) in [5.41, 5.74) is 5.28. The first-order chi connectivity index (χ1) is 6.59. The van der Waals surface area contributed by atoms with Crippen LogP contribution in [-0.4, -0.2) is 42.1 Å². The second kappa shape index (κ2) is 4.71. The fourth-order valence-electron chi connectivity index (χ4n) is 0.790. The highest BCUT2D eigenvalue weighted by molar-refractivity contribution is 5.22. The summed E-state index contributed by atoms with van der Waals surface area (Å²) in [7, 11) is 3.79. The number of anilines is 1. The van der Waals surface area contributed by atoms with Gasteiger partial charge in [-0.1, -0.05) is 0 Å². The molecule has 1 heterocycles. The van der Waals surface area contributed by atoms with Crippen LogP contribution in [0.15, 0.2) is 6.20 Å². The van der Waals surface area contributed by atoms with Crippen molar-refractivity contribution < 1.29 is 9.13 Å². The molecule has 2 N–H and O–H groups in total. The number of nitrogen functional groups attached to an aromatic ring is 1. The average molecular weight is 200 g/mol. The lowest BCUT2D eigenvalue weighted by Crippen LogP contribution is -2.20. The quantitative estimate of drug-likeness (QED) is 0.748. The molecule has 6 heteroatoms. The largest absolute Gasteiger partial charge is 0.474 e. The fraction of sp³-hybridized carbons (Fsp3) is 0.500. The maximum atomic E-state index is 13.0. The summed E-state index contributed by atoms with van der Waals surface area (Å²) in [5, 5.41) is 0. The molecular weight excluding hydrogens is 187 g/mol. The van der Waals surface area contributed by atoms with Crippen LogP contribution < -0.4 is 10.5 Å². The molecule has 0 saturated heterocycles. The third kappa shape index (κ3) is 3.14. The van der Waals surface area contributed by atoms with E-state index < -0.39 is 5.82 Å². The Balaban J connectivity index is 2.53. The number of halogens is 1. The van der Waals surface area contributed by atoms with Gasteiger partial charge in [-0.15, -0.1) is 0 Å². The monoisotopic (exact) mass is 200 g/mol. The molecule has 5 nitrogen and oxygen atoms in total. The second-order valence-corrected chi connectivity index (χ2v) is 3.03. The second-order valence-electron chi connectivity index (χ2n) is 3.03. The molecule has 0 aliphatic rings. The lowest BCUT2D eigenvalue weighted by atomic mass is 10.6. The van der Waals surface area contributed by atoms with Gasteiger partial charge in [-0.25, -0.2) is 4.98 Å². The van der Waals surface area contributed by atoms with E-state index in [2.05, 4.69) is 9.97 Å². The van der Waals surface area contributed by atoms with Gasteiger partial charge in [-0.2, -0.15) is 9.37 Å². The van der Waals surface area contributed by atoms with Gasteiger partial charge in [-0.05, 0) is 14.1 Å². The van der Waals surface area contributed by atoms with E-state index >= 15 is 0 Å². The average Bonchev–Trinajstić information content (AvgIpc) is 2.10. The van der Waals surface area contributed by atoms with E-state index in [1.807, 2.05) is 19.0 Å². The zero-order valence-corrected chi connectivity index (χ0v) is 8.20. The smallest absolute Gasteiger partial charge is 0.255 e. The molecule has 0 saturated carbocycles. The van der Waals surface area contributed by atoms with Crippen LogP contribution in [0.4, 0.5) is 10.3 Å². The van der Waals surface area contributed by atoms with Crippen molar-refractivity contribution in [1.82, 2.24) is 14.9 Å². The molecule has 1 aromatic heterocycles. The first-order valence-corrected chi connectivity index (χ1v) is 4.15. The number of nitrogens with zero attached hydrogens (tertiary/aromatic N) is 3. The molecule has 0 radical (unpaired) electrons. The molecule has 78 valence electrons. The Morgan fingerprint density at radius 3 is 2.93 bits per heavy atom. The Morgan fingerprint density at radius 2 is 2.29 bits per heavy atom. The normalized spacial score (nSPS) is 10.6. The van der Waals surface area contributed by atoms with Crippen molar-refractivity contribution in [2.45, 2.75) is 0 Å². The van der Waals surface area contributed by atoms with Crippen molar-refractivity contribution in [3.8, 4) is 5.88 Å². The number of ether oxygens (including phenoxy) is 1. The predicted molar refractivity (Wildman–Crippen MR) is 50.5 cm³/mol. The van der Waals surface area contributed by atoms with Crippen LogP contribution in [0.1, 0.15) is 0 Å². The summed E-state index contributed by atoms with van der Waals surface area (Å²) in [6.07, 6.45) is 0.993. The standard InChI is InChI=1S/C8H13FN4O/c1-13(2)3-4-14-7-6(9)5-11-8(10)12-7/h5H,3-4H2,1-2H3,(H2,10,11,12). The minimum absolute atomic E-state index is 0.00579. The minimum atomic E-state index is -0.599. The number of rotatable bonds is 4. The van der Waals surface area contributed by atoms with Gasteiger partial charge >= 0.3 is 0 Å². The zero-order chi connectivity index (χ0) is 10.6. The molecule has 1 rings (SSSR count). The minimum Gasteiger partial charge on any atom is -0.474 e. The Kier molecular flexibility index (Phi) is 3.58. The Morgan fingerprint density at radius 1 is 1.57 bits per heavy atom. The summed E-state index contributed by atoms with van der Waals surface area (Å²) in [5.74, 6) is -0.691. The van der Waals surface area contributed by atoms with Crippen molar-refractivity contribution in [1.29, 1.82) is 0 Å². The van der Waals surface area contributed by atoms with Crippen molar-refractivity contribution in [3.05, 3.63) is 12.0 Å². The summed E-state index contributed by atoms with van der Waals surface area (Å²) >= 11 is 0. The van der Waals surface area contributed by atoms with E-state index in [1.165, 1.54) is 0 Å². The highest BCUT2D eigenvalue weighted by Crippen LogP contribution is 2.12. The molecule has 14 heavy (non-hydrogen) atoms. The van der Waals surface area contributed by atoms with E-state index in [-0.39, 0.29) is 11.8 Å². The lowest BCUT2D eigenvalue weighted by Gasteiger charge is -2.10. The summed E-state index contributed by atoms with van der Waals surface area (Å²) in [6, 6.07) is 0. The number of likely N-dealkylation sites (N-methyl/N-ethyl adjacent to an activating group) is 1. The molecule has 0 aliphatic carbocycles. The molecule has 0 aromatic carbocycles. The van der Waals surface area contributed by atoms with Crippen LogP contribution in [0.5, 0.6) is 5.88 Å². The van der Waals surface area contributed by atoms with E-state index in [1.54, 1.807) is 0 Å². The third-order valence-corrected chi connectivity index (χ3v) is 1.51. The van der Waals surface area contributed by atoms with Gasteiger partial charge < -0.3 is 15.4 Å². The predicted octanol–water partition coefficient (Wildman–Crippen LogP) is 0.138. The zero-order valence-electron chi connectivity index (χ0n) is 8.20. The molecule has 0 aliphatic heterocycles. The number of nitrogens with two attached hydrogens (primary N) is 1. The van der Waals surface area contributed by atoms with Gasteiger partial charge in [0.05, 0.1) is 6.20 Å². The first-order valence-electron chi connectivity index (χ1n) is 4.15. The van der Waals surface area contributed by atoms with Crippen LogP contribution in [0.2, 0.25) is 0 Å². The van der Waals surface area contributed by atoms with Crippen LogP contribution >= 0.6 is 0 Å². The van der Waals surface area contributed by atoms with Gasteiger partial charge in [-0.3, -0.25) is 0 Å². The third-order valence-electron chi connectivity index (χ3n) is 1.51. The summed E-state index contributed by atoms with van der Waals surface area (Å²) in [4.78, 5) is 9.02. The van der Waals surface area contributed by atoms with Crippen molar-refractivity contribution in [3.63, 3.8) is 0 Å². The molecule has 0 fully saturated rings. The molecule has 0 unspecified atom stereocenters. The Labute approximate surface area is 81.7 Å². The Hall–Kier alpha value is -1.43. The van der Waals surface area contributed by atoms with Crippen LogP contribution in [0, 0.1) is 5.82 Å². The van der Waals surface area contributed by atoms with Gasteiger partial charge in [0.2, 0.25) is 11.8 Å². The molecule has 0 bridgehead atoms. The molecule has 0 amide bonds. The van der Waals surface area contributed by atoms with Crippen LogP contribution in [0.3, 0.4) is 0 Å². The maximum absolute atomic E-state index is 13.0. The van der Waals surface area contributed by atoms with Crippen molar-refractivity contribution in [2.24, 2.45) is 0 Å². The molecule has 0 atom stereocenters. The number of hydrogen-bond acceptors (Lipinski definition) is 5. The molecule has 1 aromatic rings. The van der Waals surface area contributed by atoms with Gasteiger partial charge in [0, 0.05) is 6.54 Å². The summed E-state index contributed by atoms with van der Waals surface area (Å²) < 4.78 is 18.1. The molecule has 0 spiro atoms. The van der Waals surface area contributed by atoms with E-state index in [9.17, 15) is 4.39 Å². The molecular formula is C8H13FN4O. The van der Waals surface area contributed by atoms with Gasteiger partial charge in [0.15, 0.2) is 0 Å². The SMILES string of the molecule is CN(C)CCOc1nc(N)ncc1F. The van der Waals surface area contributed by atoms with E-state index in [4.69, 9.17) is 10.5 Å².